The predicted molar refractivity (Wildman–Crippen MR) is 67.5 cm³/mol. The molecular weight excluding hydrogens is 218 g/mol. The molecule has 0 aliphatic carbocycles. The molecule has 1 aromatic rings. The summed E-state index contributed by atoms with van der Waals surface area (Å²) < 4.78 is 1.58. The lowest BCUT2D eigenvalue weighted by molar-refractivity contribution is 0.0696. The lowest BCUT2D eigenvalue weighted by Gasteiger charge is -2.22. The van der Waals surface area contributed by atoms with Gasteiger partial charge >= 0.3 is 5.97 Å². The summed E-state index contributed by atoms with van der Waals surface area (Å²) in [7, 11) is 1.73. The summed E-state index contributed by atoms with van der Waals surface area (Å²) >= 11 is 0. The molecule has 0 saturated carbocycles. The number of carbonyl (C=O) groups is 1. The van der Waals surface area contributed by atoms with Crippen molar-refractivity contribution in [2.24, 2.45) is 7.05 Å². The summed E-state index contributed by atoms with van der Waals surface area (Å²) in [6.45, 7) is 10.1. The number of aromatic carboxylic acids is 1. The molecule has 0 radical (unpaired) electrons. The van der Waals surface area contributed by atoms with Gasteiger partial charge in [0.25, 0.3) is 0 Å². The van der Waals surface area contributed by atoms with E-state index in [1.54, 1.807) is 30.8 Å². The van der Waals surface area contributed by atoms with Crippen LogP contribution in [0.15, 0.2) is 25.3 Å². The number of anilines is 1. The minimum atomic E-state index is -0.969. The molecule has 5 heteroatoms. The van der Waals surface area contributed by atoms with Gasteiger partial charge in [0.05, 0.1) is 5.69 Å². The van der Waals surface area contributed by atoms with Crippen LogP contribution in [0.25, 0.3) is 0 Å². The Hall–Kier alpha value is -2.04. The van der Waals surface area contributed by atoms with Gasteiger partial charge in [0.15, 0.2) is 0 Å². The standard InChI is InChI=1S/C12H17N3O2/c1-5-7-15(8-6-2)11-10(12(16)17)9(3)13-14(11)4/h5-6H,1-2,7-8H2,3-4H3,(H,16,17). The van der Waals surface area contributed by atoms with E-state index >= 15 is 0 Å². The van der Waals surface area contributed by atoms with Gasteiger partial charge in [-0.3, -0.25) is 4.68 Å². The van der Waals surface area contributed by atoms with Crippen molar-refractivity contribution in [1.82, 2.24) is 9.78 Å². The Balaban J connectivity index is 3.29. The fraction of sp³-hybridized carbons (Fsp3) is 0.333. The van der Waals surface area contributed by atoms with Crippen molar-refractivity contribution in [1.29, 1.82) is 0 Å². The van der Waals surface area contributed by atoms with E-state index in [1.165, 1.54) is 0 Å². The van der Waals surface area contributed by atoms with Crippen LogP contribution < -0.4 is 4.90 Å². The number of aryl methyl sites for hydroxylation is 2. The number of rotatable bonds is 6. The van der Waals surface area contributed by atoms with Crippen molar-refractivity contribution in [3.63, 3.8) is 0 Å². The smallest absolute Gasteiger partial charge is 0.341 e. The van der Waals surface area contributed by atoms with E-state index in [4.69, 9.17) is 0 Å². The molecule has 0 aliphatic heterocycles. The van der Waals surface area contributed by atoms with Crippen molar-refractivity contribution in [2.75, 3.05) is 18.0 Å². The molecule has 0 unspecified atom stereocenters. The maximum absolute atomic E-state index is 11.2. The third-order valence-electron chi connectivity index (χ3n) is 2.40. The molecule has 0 spiro atoms. The Morgan fingerprint density at radius 3 is 2.41 bits per heavy atom. The van der Waals surface area contributed by atoms with Crippen LogP contribution in [0.4, 0.5) is 5.82 Å². The van der Waals surface area contributed by atoms with Crippen LogP contribution in [0.5, 0.6) is 0 Å². The van der Waals surface area contributed by atoms with Gasteiger partial charge in [-0.05, 0) is 6.92 Å². The molecule has 0 atom stereocenters. The Morgan fingerprint density at radius 2 is 2.00 bits per heavy atom. The zero-order valence-corrected chi connectivity index (χ0v) is 10.2. The third kappa shape index (κ3) is 2.55. The second-order valence-corrected chi connectivity index (χ2v) is 3.70. The van der Waals surface area contributed by atoms with E-state index in [-0.39, 0.29) is 5.56 Å². The first-order valence-corrected chi connectivity index (χ1v) is 5.26. The molecule has 0 saturated heterocycles. The molecule has 5 nitrogen and oxygen atoms in total. The molecule has 0 amide bonds. The highest BCUT2D eigenvalue weighted by atomic mass is 16.4. The lowest BCUT2D eigenvalue weighted by Crippen LogP contribution is -2.27. The number of hydrogen-bond acceptors (Lipinski definition) is 3. The molecule has 0 aromatic carbocycles. The molecule has 1 aromatic heterocycles. The van der Waals surface area contributed by atoms with E-state index < -0.39 is 5.97 Å². The van der Waals surface area contributed by atoms with E-state index in [9.17, 15) is 9.90 Å². The molecule has 0 fully saturated rings. The van der Waals surface area contributed by atoms with Gasteiger partial charge < -0.3 is 10.0 Å². The molecular formula is C12H17N3O2. The lowest BCUT2D eigenvalue weighted by atomic mass is 10.2. The second kappa shape index (κ2) is 5.34. The third-order valence-corrected chi connectivity index (χ3v) is 2.40. The molecule has 92 valence electrons. The Labute approximate surface area is 101 Å². The van der Waals surface area contributed by atoms with Crippen molar-refractivity contribution >= 4 is 11.8 Å². The van der Waals surface area contributed by atoms with Crippen molar-refractivity contribution < 1.29 is 9.90 Å². The van der Waals surface area contributed by atoms with E-state index in [0.29, 0.717) is 24.6 Å². The highest BCUT2D eigenvalue weighted by Crippen LogP contribution is 2.23. The number of hydrogen-bond donors (Lipinski definition) is 1. The summed E-state index contributed by atoms with van der Waals surface area (Å²) in [5, 5.41) is 13.4. The van der Waals surface area contributed by atoms with Crippen molar-refractivity contribution in [3.05, 3.63) is 36.6 Å². The largest absolute Gasteiger partial charge is 0.477 e. The summed E-state index contributed by atoms with van der Waals surface area (Å²) in [6, 6.07) is 0. The van der Waals surface area contributed by atoms with Gasteiger partial charge in [0.1, 0.15) is 11.4 Å². The molecule has 1 N–H and O–H groups in total. The zero-order valence-electron chi connectivity index (χ0n) is 10.2. The molecule has 0 aliphatic rings. The second-order valence-electron chi connectivity index (χ2n) is 3.70. The average Bonchev–Trinajstić information content (AvgIpc) is 2.53. The predicted octanol–water partition coefficient (Wildman–Crippen LogP) is 1.61. The van der Waals surface area contributed by atoms with Crippen LogP contribution in [0, 0.1) is 6.92 Å². The van der Waals surface area contributed by atoms with Crippen LogP contribution in [0.3, 0.4) is 0 Å². The topological polar surface area (TPSA) is 58.4 Å². The summed E-state index contributed by atoms with van der Waals surface area (Å²) in [5.74, 6) is -0.390. The molecule has 0 bridgehead atoms. The first-order chi connectivity index (χ1) is 8.02. The summed E-state index contributed by atoms with van der Waals surface area (Å²) in [6.07, 6.45) is 3.44. The van der Waals surface area contributed by atoms with Gasteiger partial charge in [-0.1, -0.05) is 12.2 Å². The van der Waals surface area contributed by atoms with Crippen LogP contribution >= 0.6 is 0 Å². The Bertz CT molecular complexity index is 439. The number of carboxylic acids is 1. The summed E-state index contributed by atoms with van der Waals surface area (Å²) in [5.41, 5.74) is 0.740. The van der Waals surface area contributed by atoms with Crippen LogP contribution in [0.2, 0.25) is 0 Å². The van der Waals surface area contributed by atoms with Crippen LogP contribution in [-0.2, 0) is 7.05 Å². The fourth-order valence-electron chi connectivity index (χ4n) is 1.82. The van der Waals surface area contributed by atoms with Gasteiger partial charge in [0.2, 0.25) is 0 Å². The Morgan fingerprint density at radius 1 is 1.47 bits per heavy atom. The van der Waals surface area contributed by atoms with Crippen molar-refractivity contribution in [3.8, 4) is 0 Å². The van der Waals surface area contributed by atoms with E-state index in [2.05, 4.69) is 18.3 Å². The van der Waals surface area contributed by atoms with Gasteiger partial charge in [-0.25, -0.2) is 4.79 Å². The minimum absolute atomic E-state index is 0.233. The van der Waals surface area contributed by atoms with E-state index in [1.807, 2.05) is 4.90 Å². The van der Waals surface area contributed by atoms with Crippen molar-refractivity contribution in [2.45, 2.75) is 6.92 Å². The molecule has 1 heterocycles. The SMILES string of the molecule is C=CCN(CC=C)c1c(C(=O)O)c(C)nn1C. The normalized spacial score (nSPS) is 10.0. The monoisotopic (exact) mass is 235 g/mol. The van der Waals surface area contributed by atoms with Gasteiger partial charge in [-0.2, -0.15) is 5.10 Å². The van der Waals surface area contributed by atoms with E-state index in [0.717, 1.165) is 0 Å². The number of carboxylic acid groups (broad SMARTS) is 1. The highest BCUT2D eigenvalue weighted by molar-refractivity contribution is 5.94. The molecule has 1 rings (SSSR count). The fourth-order valence-corrected chi connectivity index (χ4v) is 1.82. The molecule has 17 heavy (non-hydrogen) atoms. The maximum Gasteiger partial charge on any atom is 0.341 e. The first kappa shape index (κ1) is 13.0. The Kier molecular flexibility index (Phi) is 4.09. The highest BCUT2D eigenvalue weighted by Gasteiger charge is 2.23. The number of nitrogens with zero attached hydrogens (tertiary/aromatic N) is 3. The minimum Gasteiger partial charge on any atom is -0.477 e. The summed E-state index contributed by atoms with van der Waals surface area (Å²) in [4.78, 5) is 13.1. The maximum atomic E-state index is 11.2. The van der Waals surface area contributed by atoms with Gasteiger partial charge in [-0.15, -0.1) is 13.2 Å². The average molecular weight is 235 g/mol. The van der Waals surface area contributed by atoms with Crippen LogP contribution in [-0.4, -0.2) is 33.9 Å². The first-order valence-electron chi connectivity index (χ1n) is 5.26. The van der Waals surface area contributed by atoms with Crippen LogP contribution in [0.1, 0.15) is 16.1 Å². The van der Waals surface area contributed by atoms with Gasteiger partial charge in [0, 0.05) is 20.1 Å². The number of aromatic nitrogens is 2. The quantitative estimate of drug-likeness (QED) is 0.761. The zero-order chi connectivity index (χ0) is 13.0.